The van der Waals surface area contributed by atoms with Gasteiger partial charge >= 0.3 is 0 Å². The van der Waals surface area contributed by atoms with E-state index in [2.05, 4.69) is 4.98 Å². The molecule has 2 nitrogen and oxygen atoms in total. The Balaban J connectivity index is 1.91. The highest BCUT2D eigenvalue weighted by atomic mass is 32.1. The van der Waals surface area contributed by atoms with E-state index in [1.807, 2.05) is 19.1 Å². The highest BCUT2D eigenvalue weighted by Gasteiger charge is 2.29. The van der Waals surface area contributed by atoms with Gasteiger partial charge in [0.15, 0.2) is 5.13 Å². The van der Waals surface area contributed by atoms with Gasteiger partial charge in [-0.1, -0.05) is 12.1 Å². The lowest BCUT2D eigenvalue weighted by Gasteiger charge is -2.04. The number of halogens is 1. The monoisotopic (exact) mass is 262 g/mol. The molecule has 1 aromatic carbocycles. The quantitative estimate of drug-likeness (QED) is 0.917. The van der Waals surface area contributed by atoms with Crippen molar-refractivity contribution >= 4 is 16.5 Å². The number of nitrogen functional groups attached to an aromatic ring is 1. The molecule has 0 radical (unpaired) electrons. The van der Waals surface area contributed by atoms with Crippen LogP contribution in [0.3, 0.4) is 0 Å². The molecular weight excluding hydrogens is 247 g/mol. The van der Waals surface area contributed by atoms with Crippen LogP contribution in [0.1, 0.15) is 40.5 Å². The molecule has 0 amide bonds. The number of hydrogen-bond acceptors (Lipinski definition) is 3. The predicted molar refractivity (Wildman–Crippen MR) is 72.4 cm³/mol. The summed E-state index contributed by atoms with van der Waals surface area (Å²) in [6.07, 6.45) is 2.98. The summed E-state index contributed by atoms with van der Waals surface area (Å²) < 4.78 is 13.8. The molecule has 0 saturated heterocycles. The number of hydrogen-bond donors (Lipinski definition) is 1. The Morgan fingerprint density at radius 1 is 1.44 bits per heavy atom. The first-order valence-corrected chi connectivity index (χ1v) is 6.95. The Bertz CT molecular complexity index is 587. The zero-order valence-corrected chi connectivity index (χ0v) is 11.1. The molecule has 0 unspecified atom stereocenters. The van der Waals surface area contributed by atoms with Crippen LogP contribution < -0.4 is 5.73 Å². The maximum atomic E-state index is 13.8. The van der Waals surface area contributed by atoms with E-state index in [1.54, 1.807) is 6.07 Å². The van der Waals surface area contributed by atoms with Crippen molar-refractivity contribution in [1.29, 1.82) is 0 Å². The van der Waals surface area contributed by atoms with Crippen molar-refractivity contribution in [1.82, 2.24) is 4.98 Å². The van der Waals surface area contributed by atoms with Crippen molar-refractivity contribution in [3.63, 3.8) is 0 Å². The number of nitrogens with two attached hydrogens (primary N) is 1. The number of thiazole rings is 1. The Morgan fingerprint density at radius 2 is 2.22 bits per heavy atom. The molecule has 1 fully saturated rings. The molecule has 1 aliphatic carbocycles. The minimum absolute atomic E-state index is 0.135. The van der Waals surface area contributed by atoms with Gasteiger partial charge in [0.25, 0.3) is 0 Å². The number of anilines is 1. The average molecular weight is 262 g/mol. The van der Waals surface area contributed by atoms with Gasteiger partial charge in [-0.25, -0.2) is 9.37 Å². The molecule has 1 aromatic heterocycles. The summed E-state index contributed by atoms with van der Waals surface area (Å²) in [5.74, 6) is 0.422. The molecule has 4 heteroatoms. The summed E-state index contributed by atoms with van der Waals surface area (Å²) in [4.78, 5) is 5.51. The maximum absolute atomic E-state index is 13.8. The van der Waals surface area contributed by atoms with Crippen LogP contribution in [0.5, 0.6) is 0 Å². The zero-order valence-electron chi connectivity index (χ0n) is 10.2. The summed E-state index contributed by atoms with van der Waals surface area (Å²) in [6.45, 7) is 1.90. The van der Waals surface area contributed by atoms with Gasteiger partial charge in [0, 0.05) is 17.2 Å². The summed E-state index contributed by atoms with van der Waals surface area (Å²) in [5.41, 5.74) is 8.54. The lowest BCUT2D eigenvalue weighted by atomic mass is 10.1. The lowest BCUT2D eigenvalue weighted by molar-refractivity contribution is 0.613. The molecular formula is C14H15FN2S. The molecule has 3 rings (SSSR count). The van der Waals surface area contributed by atoms with Crippen molar-refractivity contribution in [3.8, 4) is 0 Å². The number of benzene rings is 1. The Labute approximate surface area is 110 Å². The molecule has 1 saturated carbocycles. The van der Waals surface area contributed by atoms with Crippen molar-refractivity contribution < 1.29 is 4.39 Å². The van der Waals surface area contributed by atoms with Crippen molar-refractivity contribution in [2.75, 3.05) is 5.73 Å². The van der Waals surface area contributed by atoms with Crippen LogP contribution in [0, 0.1) is 12.7 Å². The third-order valence-corrected chi connectivity index (χ3v) is 4.17. The fraction of sp³-hybridized carbons (Fsp3) is 0.357. The predicted octanol–water partition coefficient (Wildman–Crippen LogP) is 3.64. The second-order valence-electron chi connectivity index (χ2n) is 4.91. The van der Waals surface area contributed by atoms with E-state index >= 15 is 0 Å². The highest BCUT2D eigenvalue weighted by Crippen LogP contribution is 2.43. The first kappa shape index (κ1) is 11.7. The van der Waals surface area contributed by atoms with Gasteiger partial charge in [-0.2, -0.15) is 0 Å². The standard InChI is InChI=1S/C14H15FN2S/c1-8-2-3-10(11(15)6-8)7-12-13(9-4-5-9)17-14(16)18-12/h2-3,6,9H,4-5,7H2,1H3,(H2,16,17). The second-order valence-corrected chi connectivity index (χ2v) is 6.02. The summed E-state index contributed by atoms with van der Waals surface area (Å²) >= 11 is 1.49. The molecule has 0 aliphatic heterocycles. The fourth-order valence-corrected chi connectivity index (χ4v) is 3.09. The molecule has 2 N–H and O–H groups in total. The average Bonchev–Trinajstić information content (AvgIpc) is 3.08. The van der Waals surface area contributed by atoms with Crippen LogP contribution in [0.2, 0.25) is 0 Å². The van der Waals surface area contributed by atoms with Crippen LogP contribution in [0.15, 0.2) is 18.2 Å². The molecule has 0 spiro atoms. The molecule has 1 heterocycles. The van der Waals surface area contributed by atoms with E-state index in [0.717, 1.165) is 21.7 Å². The Hall–Kier alpha value is -1.42. The third-order valence-electron chi connectivity index (χ3n) is 3.27. The van der Waals surface area contributed by atoms with Crippen LogP contribution >= 0.6 is 11.3 Å². The van der Waals surface area contributed by atoms with Gasteiger partial charge in [0.05, 0.1) is 5.69 Å². The number of rotatable bonds is 3. The minimum atomic E-state index is -0.135. The van der Waals surface area contributed by atoms with Gasteiger partial charge in [0.2, 0.25) is 0 Å². The number of nitrogens with zero attached hydrogens (tertiary/aromatic N) is 1. The minimum Gasteiger partial charge on any atom is -0.375 e. The van der Waals surface area contributed by atoms with Gasteiger partial charge in [-0.15, -0.1) is 11.3 Å². The first-order valence-electron chi connectivity index (χ1n) is 6.13. The highest BCUT2D eigenvalue weighted by molar-refractivity contribution is 7.15. The van der Waals surface area contributed by atoms with Gasteiger partial charge in [-0.3, -0.25) is 0 Å². The third kappa shape index (κ3) is 2.25. The van der Waals surface area contributed by atoms with E-state index < -0.39 is 0 Å². The van der Waals surface area contributed by atoms with Crippen LogP contribution in [-0.2, 0) is 6.42 Å². The number of aryl methyl sites for hydroxylation is 1. The van der Waals surface area contributed by atoms with Gasteiger partial charge in [0.1, 0.15) is 5.82 Å². The summed E-state index contributed by atoms with van der Waals surface area (Å²) in [5, 5.41) is 0.597. The molecule has 1 aliphatic rings. The van der Waals surface area contributed by atoms with Crippen LogP contribution in [0.4, 0.5) is 9.52 Å². The largest absolute Gasteiger partial charge is 0.375 e. The van der Waals surface area contributed by atoms with Crippen molar-refractivity contribution in [2.45, 2.75) is 32.1 Å². The summed E-state index contributed by atoms with van der Waals surface area (Å²) in [6, 6.07) is 5.38. The lowest BCUT2D eigenvalue weighted by Crippen LogP contribution is -1.95. The summed E-state index contributed by atoms with van der Waals surface area (Å²) in [7, 11) is 0. The maximum Gasteiger partial charge on any atom is 0.180 e. The second kappa shape index (κ2) is 4.35. The van der Waals surface area contributed by atoms with E-state index in [9.17, 15) is 4.39 Å². The molecule has 0 atom stereocenters. The van der Waals surface area contributed by atoms with Gasteiger partial charge in [-0.05, 0) is 37.0 Å². The fourth-order valence-electron chi connectivity index (χ4n) is 2.15. The van der Waals surface area contributed by atoms with Crippen LogP contribution in [-0.4, -0.2) is 4.98 Å². The smallest absolute Gasteiger partial charge is 0.180 e. The van der Waals surface area contributed by atoms with E-state index in [0.29, 0.717) is 17.5 Å². The van der Waals surface area contributed by atoms with E-state index in [4.69, 9.17) is 5.73 Å². The van der Waals surface area contributed by atoms with E-state index in [1.165, 1.54) is 24.2 Å². The normalized spacial score (nSPS) is 15.0. The molecule has 94 valence electrons. The Kier molecular flexibility index (Phi) is 2.82. The van der Waals surface area contributed by atoms with Crippen LogP contribution in [0.25, 0.3) is 0 Å². The van der Waals surface area contributed by atoms with Gasteiger partial charge < -0.3 is 5.73 Å². The molecule has 18 heavy (non-hydrogen) atoms. The van der Waals surface area contributed by atoms with E-state index in [-0.39, 0.29) is 5.82 Å². The topological polar surface area (TPSA) is 38.9 Å². The first-order chi connectivity index (χ1) is 8.63. The molecule has 0 bridgehead atoms. The Morgan fingerprint density at radius 3 is 2.89 bits per heavy atom. The van der Waals surface area contributed by atoms with Crippen molar-refractivity contribution in [2.24, 2.45) is 0 Å². The SMILES string of the molecule is Cc1ccc(Cc2sc(N)nc2C2CC2)c(F)c1. The zero-order chi connectivity index (χ0) is 12.7. The van der Waals surface area contributed by atoms with Crippen molar-refractivity contribution in [3.05, 3.63) is 45.7 Å². The number of aromatic nitrogens is 1. The molecule has 2 aromatic rings.